The van der Waals surface area contributed by atoms with Crippen LogP contribution in [-0.2, 0) is 0 Å². The first-order valence-corrected chi connectivity index (χ1v) is 5.23. The third kappa shape index (κ3) is 2.14. The van der Waals surface area contributed by atoms with Crippen LogP contribution < -0.4 is 0 Å². The Morgan fingerprint density at radius 3 is 2.36 bits per heavy atom. The molecule has 0 amide bonds. The lowest BCUT2D eigenvalue weighted by Gasteiger charge is -2.00. The van der Waals surface area contributed by atoms with Crippen LogP contribution in [0.5, 0.6) is 0 Å². The molecular weight excluding hydrogens is 168 g/mol. The van der Waals surface area contributed by atoms with Gasteiger partial charge in [-0.1, -0.05) is 54.6 Å². The quantitative estimate of drug-likeness (QED) is 0.621. The summed E-state index contributed by atoms with van der Waals surface area (Å²) in [5.41, 5.74) is 1.69. The first-order chi connectivity index (χ1) is 6.85. The van der Waals surface area contributed by atoms with Crippen molar-refractivity contribution in [2.24, 2.45) is 5.41 Å². The largest absolute Gasteiger partial charge is 0.0908 e. The molecule has 0 aliphatic heterocycles. The molecule has 1 aliphatic rings. The molecule has 0 spiro atoms. The van der Waals surface area contributed by atoms with E-state index < -0.39 is 0 Å². The van der Waals surface area contributed by atoms with Crippen molar-refractivity contribution >= 4 is 6.08 Å². The molecule has 0 saturated heterocycles. The molecule has 0 radical (unpaired) electrons. The van der Waals surface area contributed by atoms with Gasteiger partial charge in [-0.3, -0.25) is 0 Å². The summed E-state index contributed by atoms with van der Waals surface area (Å²) in [6, 6.07) is 10.5. The molecule has 0 aromatic heterocycles. The van der Waals surface area contributed by atoms with Gasteiger partial charge in [-0.15, -0.1) is 0 Å². The monoisotopic (exact) mass is 184 g/mol. The van der Waals surface area contributed by atoms with Crippen LogP contribution >= 0.6 is 0 Å². The summed E-state index contributed by atoms with van der Waals surface area (Å²) in [7, 11) is 0. The van der Waals surface area contributed by atoms with Gasteiger partial charge in [0.2, 0.25) is 0 Å². The van der Waals surface area contributed by atoms with Gasteiger partial charge in [0, 0.05) is 5.41 Å². The molecule has 1 aromatic rings. The summed E-state index contributed by atoms with van der Waals surface area (Å²) in [6.07, 6.45) is 11.6. The molecule has 14 heavy (non-hydrogen) atoms. The average Bonchev–Trinajstić information content (AvgIpc) is 2.98. The zero-order valence-corrected chi connectivity index (χ0v) is 8.61. The Hall–Kier alpha value is -1.30. The van der Waals surface area contributed by atoms with Crippen LogP contribution in [0.1, 0.15) is 25.3 Å². The Kier molecular flexibility index (Phi) is 2.53. The Labute approximate surface area is 86.0 Å². The molecule has 0 heteroatoms. The van der Waals surface area contributed by atoms with E-state index in [1.807, 2.05) is 0 Å². The van der Waals surface area contributed by atoms with Gasteiger partial charge in [0.25, 0.3) is 0 Å². The fourth-order valence-electron chi connectivity index (χ4n) is 1.69. The van der Waals surface area contributed by atoms with Crippen molar-refractivity contribution in [1.82, 2.24) is 0 Å². The van der Waals surface area contributed by atoms with E-state index in [0.29, 0.717) is 5.41 Å². The normalized spacial score (nSPS) is 19.2. The van der Waals surface area contributed by atoms with E-state index in [1.165, 1.54) is 18.4 Å². The van der Waals surface area contributed by atoms with Crippen molar-refractivity contribution in [3.63, 3.8) is 0 Å². The Morgan fingerprint density at radius 2 is 1.79 bits per heavy atom. The van der Waals surface area contributed by atoms with E-state index >= 15 is 0 Å². The van der Waals surface area contributed by atoms with Gasteiger partial charge in [0.05, 0.1) is 0 Å². The third-order valence-corrected chi connectivity index (χ3v) is 2.73. The Morgan fingerprint density at radius 1 is 1.07 bits per heavy atom. The second-order valence-corrected chi connectivity index (χ2v) is 3.98. The SMILES string of the molecule is CC=CC1(C=Cc2ccccc2)CC1. The van der Waals surface area contributed by atoms with Crippen molar-refractivity contribution < 1.29 is 0 Å². The second kappa shape index (κ2) is 3.83. The molecule has 2 rings (SSSR count). The van der Waals surface area contributed by atoms with E-state index in [1.54, 1.807) is 0 Å². The molecular formula is C14H16. The van der Waals surface area contributed by atoms with Gasteiger partial charge in [-0.2, -0.15) is 0 Å². The molecule has 0 heterocycles. The predicted octanol–water partition coefficient (Wildman–Crippen LogP) is 4.06. The average molecular weight is 184 g/mol. The summed E-state index contributed by atoms with van der Waals surface area (Å²) in [4.78, 5) is 0. The summed E-state index contributed by atoms with van der Waals surface area (Å²) in [6.45, 7) is 2.09. The van der Waals surface area contributed by atoms with Gasteiger partial charge >= 0.3 is 0 Å². The van der Waals surface area contributed by atoms with Crippen molar-refractivity contribution in [3.05, 3.63) is 54.1 Å². The summed E-state index contributed by atoms with van der Waals surface area (Å²) in [5, 5.41) is 0. The molecule has 1 fully saturated rings. The third-order valence-electron chi connectivity index (χ3n) is 2.73. The van der Waals surface area contributed by atoms with Crippen LogP contribution in [0.3, 0.4) is 0 Å². The summed E-state index contributed by atoms with van der Waals surface area (Å²) >= 11 is 0. The van der Waals surface area contributed by atoms with Crippen molar-refractivity contribution in [2.75, 3.05) is 0 Å². The minimum atomic E-state index is 0.393. The summed E-state index contributed by atoms with van der Waals surface area (Å²) < 4.78 is 0. The van der Waals surface area contributed by atoms with E-state index in [-0.39, 0.29) is 0 Å². The maximum Gasteiger partial charge on any atom is 0.00650 e. The Bertz CT molecular complexity index is 340. The van der Waals surface area contributed by atoms with Crippen LogP contribution in [0.15, 0.2) is 48.6 Å². The van der Waals surface area contributed by atoms with Gasteiger partial charge in [0.15, 0.2) is 0 Å². The van der Waals surface area contributed by atoms with Crippen molar-refractivity contribution in [3.8, 4) is 0 Å². The van der Waals surface area contributed by atoms with Gasteiger partial charge < -0.3 is 0 Å². The zero-order valence-electron chi connectivity index (χ0n) is 8.61. The highest BCUT2D eigenvalue weighted by molar-refractivity contribution is 5.51. The molecule has 0 nitrogen and oxygen atoms in total. The number of allylic oxidation sites excluding steroid dienone is 3. The van der Waals surface area contributed by atoms with Crippen LogP contribution in [0.2, 0.25) is 0 Å². The minimum absolute atomic E-state index is 0.393. The smallest absolute Gasteiger partial charge is 0.00650 e. The Balaban J connectivity index is 2.08. The maximum absolute atomic E-state index is 2.34. The highest BCUT2D eigenvalue weighted by Gasteiger charge is 2.36. The zero-order chi connectivity index (χ0) is 9.86. The molecule has 0 N–H and O–H groups in total. The minimum Gasteiger partial charge on any atom is -0.0908 e. The van der Waals surface area contributed by atoms with E-state index in [0.717, 1.165) is 0 Å². The van der Waals surface area contributed by atoms with Gasteiger partial charge in [-0.25, -0.2) is 0 Å². The maximum atomic E-state index is 2.34. The molecule has 72 valence electrons. The predicted molar refractivity (Wildman–Crippen MR) is 62.0 cm³/mol. The number of hydrogen-bond acceptors (Lipinski definition) is 0. The van der Waals surface area contributed by atoms with Crippen LogP contribution in [0.4, 0.5) is 0 Å². The molecule has 0 unspecified atom stereocenters. The van der Waals surface area contributed by atoms with Crippen molar-refractivity contribution in [1.29, 1.82) is 0 Å². The molecule has 1 aromatic carbocycles. The lowest BCUT2D eigenvalue weighted by atomic mass is 10.0. The summed E-state index contributed by atoms with van der Waals surface area (Å²) in [5.74, 6) is 0. The number of rotatable bonds is 3. The lowest BCUT2D eigenvalue weighted by molar-refractivity contribution is 0.860. The molecule has 0 atom stereocenters. The van der Waals surface area contributed by atoms with Gasteiger partial charge in [-0.05, 0) is 25.3 Å². The molecule has 1 saturated carbocycles. The second-order valence-electron chi connectivity index (χ2n) is 3.98. The van der Waals surface area contributed by atoms with E-state index in [9.17, 15) is 0 Å². The molecule has 0 bridgehead atoms. The lowest BCUT2D eigenvalue weighted by Crippen LogP contribution is -1.87. The van der Waals surface area contributed by atoms with E-state index in [4.69, 9.17) is 0 Å². The first-order valence-electron chi connectivity index (χ1n) is 5.23. The fourth-order valence-corrected chi connectivity index (χ4v) is 1.69. The number of hydrogen-bond donors (Lipinski definition) is 0. The van der Waals surface area contributed by atoms with Gasteiger partial charge in [0.1, 0.15) is 0 Å². The van der Waals surface area contributed by atoms with Crippen LogP contribution in [0.25, 0.3) is 6.08 Å². The fraction of sp³-hybridized carbons (Fsp3) is 0.286. The van der Waals surface area contributed by atoms with Crippen molar-refractivity contribution in [2.45, 2.75) is 19.8 Å². The van der Waals surface area contributed by atoms with Crippen LogP contribution in [-0.4, -0.2) is 0 Å². The highest BCUT2D eigenvalue weighted by atomic mass is 14.4. The standard InChI is InChI=1S/C14H16/c1-2-9-14(11-12-14)10-8-13-6-4-3-5-7-13/h2-10H,11-12H2,1H3. The molecule has 1 aliphatic carbocycles. The van der Waals surface area contributed by atoms with E-state index in [2.05, 4.69) is 61.6 Å². The number of benzene rings is 1. The first kappa shape index (κ1) is 9.26. The topological polar surface area (TPSA) is 0 Å². The highest BCUT2D eigenvalue weighted by Crippen LogP contribution is 2.48. The van der Waals surface area contributed by atoms with Crippen LogP contribution in [0, 0.1) is 5.41 Å².